The Hall–Kier alpha value is -1.42. The van der Waals surface area contributed by atoms with Crippen LogP contribution >= 0.6 is 0 Å². The van der Waals surface area contributed by atoms with Gasteiger partial charge >= 0.3 is 0 Å². The molecule has 0 bridgehead atoms. The van der Waals surface area contributed by atoms with Gasteiger partial charge in [0.1, 0.15) is 5.82 Å². The molecule has 2 N–H and O–H groups in total. The lowest BCUT2D eigenvalue weighted by Gasteiger charge is -2.31. The summed E-state index contributed by atoms with van der Waals surface area (Å²) >= 11 is 0. The Morgan fingerprint density at radius 1 is 1.32 bits per heavy atom. The van der Waals surface area contributed by atoms with Crippen molar-refractivity contribution < 1.29 is 9.18 Å². The topological polar surface area (TPSA) is 46.3 Å². The third-order valence-electron chi connectivity index (χ3n) is 3.46. The highest BCUT2D eigenvalue weighted by Crippen LogP contribution is 2.22. The molecule has 1 rings (SSSR count). The van der Waals surface area contributed by atoms with E-state index >= 15 is 0 Å². The predicted molar refractivity (Wildman–Crippen MR) is 75.0 cm³/mol. The zero-order valence-electron chi connectivity index (χ0n) is 11.9. The Bertz CT molecular complexity index is 405. The molecular weight excluding hydrogens is 243 g/mol. The molecule has 2 unspecified atom stereocenters. The van der Waals surface area contributed by atoms with Crippen molar-refractivity contribution >= 4 is 5.91 Å². The van der Waals surface area contributed by atoms with E-state index in [0.29, 0.717) is 19.5 Å². The molecule has 4 heteroatoms. The average molecular weight is 266 g/mol. The largest absolute Gasteiger partial charge is 0.336 e. The van der Waals surface area contributed by atoms with Crippen molar-refractivity contribution in [2.24, 2.45) is 11.7 Å². The summed E-state index contributed by atoms with van der Waals surface area (Å²) in [6, 6.07) is 6.24. The highest BCUT2D eigenvalue weighted by atomic mass is 19.1. The summed E-state index contributed by atoms with van der Waals surface area (Å²) in [5.41, 5.74) is 6.44. The third kappa shape index (κ3) is 4.03. The zero-order valence-corrected chi connectivity index (χ0v) is 11.9. The van der Waals surface area contributed by atoms with Gasteiger partial charge in [0.25, 0.3) is 0 Å². The minimum absolute atomic E-state index is 0.0571. The van der Waals surface area contributed by atoms with Gasteiger partial charge in [0.2, 0.25) is 5.91 Å². The monoisotopic (exact) mass is 266 g/mol. The molecule has 0 aliphatic rings. The van der Waals surface area contributed by atoms with Gasteiger partial charge in [-0.15, -0.1) is 0 Å². The van der Waals surface area contributed by atoms with E-state index in [1.165, 1.54) is 12.1 Å². The molecule has 0 aromatic heterocycles. The predicted octanol–water partition coefficient (Wildman–Crippen LogP) is 2.72. The van der Waals surface area contributed by atoms with E-state index in [1.54, 1.807) is 12.1 Å². The number of nitrogens with two attached hydrogens (primary N) is 1. The Morgan fingerprint density at radius 3 is 2.37 bits per heavy atom. The van der Waals surface area contributed by atoms with Crippen molar-refractivity contribution in [3.8, 4) is 0 Å². The van der Waals surface area contributed by atoms with Crippen molar-refractivity contribution in [1.82, 2.24) is 4.90 Å². The molecule has 0 saturated heterocycles. The van der Waals surface area contributed by atoms with Crippen LogP contribution in [0, 0.1) is 11.7 Å². The maximum Gasteiger partial charge on any atom is 0.225 e. The lowest BCUT2D eigenvalue weighted by Crippen LogP contribution is -2.37. The van der Waals surface area contributed by atoms with Crippen LogP contribution in [0.4, 0.5) is 4.39 Å². The van der Waals surface area contributed by atoms with Crippen LogP contribution in [0.15, 0.2) is 24.3 Å². The molecule has 0 heterocycles. The molecule has 1 aromatic carbocycles. The Kier molecular flexibility index (Phi) is 5.96. The van der Waals surface area contributed by atoms with Crippen LogP contribution in [-0.4, -0.2) is 23.9 Å². The van der Waals surface area contributed by atoms with Crippen molar-refractivity contribution in [2.45, 2.75) is 33.2 Å². The molecule has 0 saturated carbocycles. The minimum atomic E-state index is -0.262. The van der Waals surface area contributed by atoms with Crippen molar-refractivity contribution in [2.75, 3.05) is 13.1 Å². The molecule has 1 amide bonds. The fourth-order valence-corrected chi connectivity index (χ4v) is 2.20. The summed E-state index contributed by atoms with van der Waals surface area (Å²) in [5.74, 6) is -0.237. The van der Waals surface area contributed by atoms with Gasteiger partial charge in [-0.05, 0) is 44.5 Å². The van der Waals surface area contributed by atoms with E-state index in [-0.39, 0.29) is 23.7 Å². The molecule has 0 fully saturated rings. The van der Waals surface area contributed by atoms with E-state index < -0.39 is 0 Å². The number of carbonyl (C=O) groups excluding carboxylic acids is 1. The highest BCUT2D eigenvalue weighted by Gasteiger charge is 2.23. The van der Waals surface area contributed by atoms with E-state index in [1.807, 2.05) is 25.7 Å². The summed E-state index contributed by atoms with van der Waals surface area (Å²) in [7, 11) is 0. The number of benzene rings is 1. The van der Waals surface area contributed by atoms with Gasteiger partial charge in [0.15, 0.2) is 0 Å². The second kappa shape index (κ2) is 7.24. The number of halogens is 1. The van der Waals surface area contributed by atoms with Gasteiger partial charge in [-0.3, -0.25) is 4.79 Å². The molecule has 0 aliphatic heterocycles. The number of hydrogen-bond acceptors (Lipinski definition) is 2. The zero-order chi connectivity index (χ0) is 14.4. The van der Waals surface area contributed by atoms with Crippen molar-refractivity contribution in [3.63, 3.8) is 0 Å². The fraction of sp³-hybridized carbons (Fsp3) is 0.533. The molecule has 2 atom stereocenters. The van der Waals surface area contributed by atoms with E-state index in [9.17, 15) is 9.18 Å². The van der Waals surface area contributed by atoms with Crippen LogP contribution in [-0.2, 0) is 4.79 Å². The maximum absolute atomic E-state index is 12.9. The van der Waals surface area contributed by atoms with Crippen LogP contribution in [0.5, 0.6) is 0 Å². The van der Waals surface area contributed by atoms with Crippen molar-refractivity contribution in [3.05, 3.63) is 35.6 Å². The van der Waals surface area contributed by atoms with Gasteiger partial charge < -0.3 is 10.6 Å². The number of carbonyl (C=O) groups is 1. The Morgan fingerprint density at radius 2 is 1.89 bits per heavy atom. The second-order valence-corrected chi connectivity index (χ2v) is 4.83. The summed E-state index contributed by atoms with van der Waals surface area (Å²) in [4.78, 5) is 14.2. The van der Waals surface area contributed by atoms with Crippen LogP contribution < -0.4 is 5.73 Å². The van der Waals surface area contributed by atoms with Crippen LogP contribution in [0.1, 0.15) is 38.8 Å². The van der Waals surface area contributed by atoms with Crippen LogP contribution in [0.3, 0.4) is 0 Å². The lowest BCUT2D eigenvalue weighted by molar-refractivity contribution is -0.137. The van der Waals surface area contributed by atoms with Crippen LogP contribution in [0.2, 0.25) is 0 Å². The first-order valence-electron chi connectivity index (χ1n) is 6.77. The smallest absolute Gasteiger partial charge is 0.225 e. The van der Waals surface area contributed by atoms with Gasteiger partial charge in [-0.2, -0.15) is 0 Å². The maximum atomic E-state index is 12.9. The highest BCUT2D eigenvalue weighted by molar-refractivity contribution is 5.79. The normalized spacial score (nSPS) is 13.9. The molecular formula is C15H23FN2O. The molecule has 0 spiro atoms. The SMILES string of the molecule is CCN(C(=O)C(C)CCN)C(C)c1ccc(F)cc1. The number of rotatable bonds is 6. The molecule has 0 aliphatic carbocycles. The second-order valence-electron chi connectivity index (χ2n) is 4.83. The average Bonchev–Trinajstić information content (AvgIpc) is 2.40. The van der Waals surface area contributed by atoms with Gasteiger partial charge in [-0.25, -0.2) is 4.39 Å². The first-order valence-corrected chi connectivity index (χ1v) is 6.77. The van der Waals surface area contributed by atoms with E-state index in [2.05, 4.69) is 0 Å². The van der Waals surface area contributed by atoms with Gasteiger partial charge in [-0.1, -0.05) is 19.1 Å². The summed E-state index contributed by atoms with van der Waals surface area (Å²) in [6.45, 7) is 6.95. The quantitative estimate of drug-likeness (QED) is 0.860. The summed E-state index contributed by atoms with van der Waals surface area (Å²) in [5, 5.41) is 0. The van der Waals surface area contributed by atoms with E-state index in [0.717, 1.165) is 5.56 Å². The molecule has 106 valence electrons. The van der Waals surface area contributed by atoms with Gasteiger partial charge in [0.05, 0.1) is 6.04 Å². The summed E-state index contributed by atoms with van der Waals surface area (Å²) < 4.78 is 12.9. The number of hydrogen-bond donors (Lipinski definition) is 1. The number of amides is 1. The molecule has 0 radical (unpaired) electrons. The summed E-state index contributed by atoms with van der Waals surface area (Å²) in [6.07, 6.45) is 0.686. The molecule has 19 heavy (non-hydrogen) atoms. The Labute approximate surface area is 114 Å². The fourth-order valence-electron chi connectivity index (χ4n) is 2.20. The third-order valence-corrected chi connectivity index (χ3v) is 3.46. The molecule has 1 aromatic rings. The standard InChI is InChI=1S/C15H23FN2O/c1-4-18(15(19)11(2)9-10-17)12(3)13-5-7-14(16)8-6-13/h5-8,11-12H,4,9-10,17H2,1-3H3. The first-order chi connectivity index (χ1) is 9.01. The van der Waals surface area contributed by atoms with Crippen molar-refractivity contribution in [1.29, 1.82) is 0 Å². The first kappa shape index (κ1) is 15.6. The van der Waals surface area contributed by atoms with E-state index in [4.69, 9.17) is 5.73 Å². The van der Waals surface area contributed by atoms with Crippen LogP contribution in [0.25, 0.3) is 0 Å². The molecule has 3 nitrogen and oxygen atoms in total. The Balaban J connectivity index is 2.84. The minimum Gasteiger partial charge on any atom is -0.336 e. The number of nitrogens with zero attached hydrogens (tertiary/aromatic N) is 1. The lowest BCUT2D eigenvalue weighted by atomic mass is 10.0. The van der Waals surface area contributed by atoms with Gasteiger partial charge in [0, 0.05) is 12.5 Å².